The lowest BCUT2D eigenvalue weighted by atomic mass is 9.92. The smallest absolute Gasteiger partial charge is 0.250 e. The second-order valence-corrected chi connectivity index (χ2v) is 8.65. The first-order valence-corrected chi connectivity index (χ1v) is 12.5. The predicted molar refractivity (Wildman–Crippen MR) is 122 cm³/mol. The van der Waals surface area contributed by atoms with Gasteiger partial charge in [-0.25, -0.2) is 0 Å². The molecule has 4 nitrogen and oxygen atoms in total. The predicted octanol–water partition coefficient (Wildman–Crippen LogP) is 1.79. The summed E-state index contributed by atoms with van der Waals surface area (Å²) in [5, 5.41) is 9.53. The van der Waals surface area contributed by atoms with Crippen molar-refractivity contribution in [1.82, 2.24) is 4.90 Å². The van der Waals surface area contributed by atoms with E-state index in [9.17, 15) is 5.11 Å². The van der Waals surface area contributed by atoms with Crippen LogP contribution >= 0.6 is 0 Å². The molecule has 0 aromatic rings. The highest BCUT2D eigenvalue weighted by Gasteiger charge is 2.35. The highest BCUT2D eigenvalue weighted by Crippen LogP contribution is 2.24. The first-order valence-electron chi connectivity index (χ1n) is 12.5. The summed E-state index contributed by atoms with van der Waals surface area (Å²) in [6.45, 7) is 9.41. The Morgan fingerprint density at radius 2 is 1.41 bits per heavy atom. The molecule has 0 spiro atoms. The maximum absolute atomic E-state index is 9.53. The standard InChI is InChI=1S/C24H50N3O.ClH/c1-3-5-7-9-10-12-14-16-23(15-13-11-8-6-4-2)24-26(18-17-25)19-20-27(24)21-22-28;/h23,28H,3-22,25H2,1-2H3;1H/q+1;/p-1. The third-order valence-corrected chi connectivity index (χ3v) is 6.23. The molecule has 174 valence electrons. The Kier molecular flexibility index (Phi) is 19.4. The monoisotopic (exact) mass is 431 g/mol. The van der Waals surface area contributed by atoms with Crippen molar-refractivity contribution in [2.24, 2.45) is 11.7 Å². The Labute approximate surface area is 187 Å². The number of aliphatic hydroxyl groups excluding tert-OH is 1. The van der Waals surface area contributed by atoms with Gasteiger partial charge in [-0.05, 0) is 12.8 Å². The molecule has 0 fully saturated rings. The number of nitrogens with two attached hydrogens (primary N) is 1. The lowest BCUT2D eigenvalue weighted by molar-refractivity contribution is -0.517. The van der Waals surface area contributed by atoms with E-state index in [0.717, 1.165) is 32.7 Å². The van der Waals surface area contributed by atoms with Gasteiger partial charge in [-0.2, -0.15) is 0 Å². The molecule has 1 rings (SSSR count). The zero-order valence-corrected chi connectivity index (χ0v) is 20.3. The molecule has 0 saturated carbocycles. The van der Waals surface area contributed by atoms with E-state index < -0.39 is 0 Å². The summed E-state index contributed by atoms with van der Waals surface area (Å²) in [6.07, 6.45) is 19.0. The molecular formula is C24H50ClN3O. The van der Waals surface area contributed by atoms with Crippen LogP contribution in [0.5, 0.6) is 0 Å². The zero-order chi connectivity index (χ0) is 20.5. The molecule has 0 saturated heterocycles. The maximum atomic E-state index is 9.53. The minimum Gasteiger partial charge on any atom is -1.00 e. The van der Waals surface area contributed by atoms with Gasteiger partial charge in [0.2, 0.25) is 5.84 Å². The molecule has 0 aromatic heterocycles. The van der Waals surface area contributed by atoms with Crippen LogP contribution in [0, 0.1) is 5.92 Å². The SMILES string of the molecule is CCCCCCCCCC(CCCCCCC)C1=[N+](CCN)CCN1CCO.[Cl-]. The van der Waals surface area contributed by atoms with E-state index in [1.165, 1.54) is 95.7 Å². The Morgan fingerprint density at radius 1 is 0.897 bits per heavy atom. The molecule has 0 aliphatic carbocycles. The van der Waals surface area contributed by atoms with Crippen molar-refractivity contribution < 1.29 is 22.1 Å². The van der Waals surface area contributed by atoms with Crippen molar-refractivity contribution in [3.05, 3.63) is 0 Å². The molecular weight excluding hydrogens is 382 g/mol. The fourth-order valence-electron chi connectivity index (χ4n) is 4.66. The molecule has 0 amide bonds. The van der Waals surface area contributed by atoms with Crippen molar-refractivity contribution in [2.45, 2.75) is 104 Å². The summed E-state index contributed by atoms with van der Waals surface area (Å²) in [4.78, 5) is 2.45. The van der Waals surface area contributed by atoms with Crippen molar-refractivity contribution in [3.8, 4) is 0 Å². The van der Waals surface area contributed by atoms with E-state index in [1.807, 2.05) is 0 Å². The van der Waals surface area contributed by atoms with Crippen LogP contribution in [-0.4, -0.2) is 59.7 Å². The van der Waals surface area contributed by atoms with Crippen molar-refractivity contribution in [2.75, 3.05) is 39.3 Å². The largest absolute Gasteiger partial charge is 1.00 e. The number of β-amino-alcohol motifs (C(OH)–C–C–N with tert-alkyl or cyclic N) is 1. The van der Waals surface area contributed by atoms with E-state index in [2.05, 4.69) is 23.3 Å². The molecule has 1 heterocycles. The number of halogens is 1. The van der Waals surface area contributed by atoms with Gasteiger partial charge < -0.3 is 23.2 Å². The van der Waals surface area contributed by atoms with Crippen LogP contribution in [0.4, 0.5) is 0 Å². The first kappa shape index (κ1) is 28.7. The minimum absolute atomic E-state index is 0. The van der Waals surface area contributed by atoms with Gasteiger partial charge in [-0.3, -0.25) is 9.48 Å². The lowest BCUT2D eigenvalue weighted by Crippen LogP contribution is -3.00. The fourth-order valence-corrected chi connectivity index (χ4v) is 4.66. The number of hydrogen-bond donors (Lipinski definition) is 2. The highest BCUT2D eigenvalue weighted by molar-refractivity contribution is 5.81. The molecule has 0 bridgehead atoms. The van der Waals surface area contributed by atoms with Crippen LogP contribution in [0.1, 0.15) is 104 Å². The van der Waals surface area contributed by atoms with Gasteiger partial charge in [0.15, 0.2) is 0 Å². The lowest BCUT2D eigenvalue weighted by Gasteiger charge is -2.21. The summed E-state index contributed by atoms with van der Waals surface area (Å²) in [5.74, 6) is 2.15. The summed E-state index contributed by atoms with van der Waals surface area (Å²) in [6, 6.07) is 0. The normalized spacial score (nSPS) is 15.1. The van der Waals surface area contributed by atoms with Crippen LogP contribution in [0.3, 0.4) is 0 Å². The van der Waals surface area contributed by atoms with Gasteiger partial charge in [0.25, 0.3) is 0 Å². The van der Waals surface area contributed by atoms with E-state index in [1.54, 1.807) is 0 Å². The van der Waals surface area contributed by atoms with Crippen molar-refractivity contribution in [3.63, 3.8) is 0 Å². The summed E-state index contributed by atoms with van der Waals surface area (Å²) >= 11 is 0. The summed E-state index contributed by atoms with van der Waals surface area (Å²) in [7, 11) is 0. The van der Waals surface area contributed by atoms with Crippen LogP contribution < -0.4 is 18.1 Å². The van der Waals surface area contributed by atoms with Gasteiger partial charge in [-0.15, -0.1) is 0 Å². The second-order valence-electron chi connectivity index (χ2n) is 8.65. The molecule has 0 radical (unpaired) electrons. The molecule has 1 aliphatic heterocycles. The Balaban J connectivity index is 0.00000784. The minimum atomic E-state index is 0. The Bertz CT molecular complexity index is 404. The number of aliphatic hydroxyl groups is 1. The molecule has 1 unspecified atom stereocenters. The first-order chi connectivity index (χ1) is 13.8. The number of rotatable bonds is 19. The summed E-state index contributed by atoms with van der Waals surface area (Å²) < 4.78 is 2.52. The van der Waals surface area contributed by atoms with Crippen LogP contribution in [0.25, 0.3) is 0 Å². The topological polar surface area (TPSA) is 52.5 Å². The molecule has 1 atom stereocenters. The summed E-state index contributed by atoms with van der Waals surface area (Å²) in [5.41, 5.74) is 5.90. The number of hydrogen-bond acceptors (Lipinski definition) is 3. The van der Waals surface area contributed by atoms with Gasteiger partial charge in [0.1, 0.15) is 19.6 Å². The van der Waals surface area contributed by atoms with Gasteiger partial charge in [0.05, 0.1) is 19.1 Å². The van der Waals surface area contributed by atoms with Crippen LogP contribution in [0.2, 0.25) is 0 Å². The third kappa shape index (κ3) is 12.2. The van der Waals surface area contributed by atoms with Crippen molar-refractivity contribution in [1.29, 1.82) is 0 Å². The van der Waals surface area contributed by atoms with E-state index >= 15 is 0 Å². The Hall–Kier alpha value is -0.320. The number of amidine groups is 1. The maximum Gasteiger partial charge on any atom is 0.250 e. The third-order valence-electron chi connectivity index (χ3n) is 6.23. The fraction of sp³-hybridized carbons (Fsp3) is 0.958. The number of nitrogens with zero attached hydrogens (tertiary/aromatic N) is 2. The Morgan fingerprint density at radius 3 is 1.90 bits per heavy atom. The van der Waals surface area contributed by atoms with Crippen LogP contribution in [0.15, 0.2) is 0 Å². The van der Waals surface area contributed by atoms with E-state index in [4.69, 9.17) is 5.73 Å². The van der Waals surface area contributed by atoms with E-state index in [-0.39, 0.29) is 19.0 Å². The van der Waals surface area contributed by atoms with E-state index in [0.29, 0.717) is 5.92 Å². The van der Waals surface area contributed by atoms with Gasteiger partial charge in [0, 0.05) is 6.54 Å². The molecule has 29 heavy (non-hydrogen) atoms. The zero-order valence-electron chi connectivity index (χ0n) is 19.5. The highest BCUT2D eigenvalue weighted by atomic mass is 35.5. The average molecular weight is 432 g/mol. The average Bonchev–Trinajstić information content (AvgIpc) is 3.08. The molecule has 0 aromatic carbocycles. The molecule has 5 heteroatoms. The van der Waals surface area contributed by atoms with Crippen molar-refractivity contribution >= 4 is 5.84 Å². The molecule has 1 aliphatic rings. The second kappa shape index (κ2) is 19.6. The molecule has 3 N–H and O–H groups in total. The quantitative estimate of drug-likeness (QED) is 0.242. The van der Waals surface area contributed by atoms with Gasteiger partial charge in [-0.1, -0.05) is 90.9 Å². The number of unbranched alkanes of at least 4 members (excludes halogenated alkanes) is 10. The van der Waals surface area contributed by atoms with Crippen LogP contribution in [-0.2, 0) is 0 Å². The van der Waals surface area contributed by atoms with Gasteiger partial charge >= 0.3 is 0 Å².